The van der Waals surface area contributed by atoms with Crippen LogP contribution in [0.1, 0.15) is 25.0 Å². The van der Waals surface area contributed by atoms with Crippen LogP contribution in [0.2, 0.25) is 0 Å². The van der Waals surface area contributed by atoms with Crippen LogP contribution in [0, 0.1) is 0 Å². The molecule has 11 aromatic rings. The Bertz CT molecular complexity index is 3620. The van der Waals surface area contributed by atoms with E-state index in [0.717, 1.165) is 17.1 Å². The normalized spacial score (nSPS) is 12.4. The Morgan fingerprint density at radius 3 is 1.49 bits per heavy atom. The molecule has 0 unspecified atom stereocenters. The number of rotatable bonds is 9. The Morgan fingerprint density at radius 2 is 0.750 bits per heavy atom. The van der Waals surface area contributed by atoms with Gasteiger partial charge in [-0.3, -0.25) is 0 Å². The Balaban J connectivity index is 1.01. The van der Waals surface area contributed by atoms with Gasteiger partial charge in [0.15, 0.2) is 0 Å². The Kier molecular flexibility index (Phi) is 10.3. The van der Waals surface area contributed by atoms with Crippen molar-refractivity contribution in [3.8, 4) is 77.9 Å². The highest BCUT2D eigenvalue weighted by Gasteiger charge is 2.35. The van der Waals surface area contributed by atoms with Crippen molar-refractivity contribution in [2.75, 3.05) is 4.90 Å². The van der Waals surface area contributed by atoms with Crippen molar-refractivity contribution in [2.24, 2.45) is 0 Å². The van der Waals surface area contributed by atoms with Crippen LogP contribution in [0.25, 0.3) is 88.7 Å². The van der Waals surface area contributed by atoms with Gasteiger partial charge >= 0.3 is 0 Å². The molecule has 0 bridgehead atoms. The van der Waals surface area contributed by atoms with Gasteiger partial charge in [-0.25, -0.2) is 0 Å². The van der Waals surface area contributed by atoms with Crippen LogP contribution in [-0.2, 0) is 5.41 Å². The predicted octanol–water partition coefficient (Wildman–Crippen LogP) is 18.6. The molecule has 0 saturated heterocycles. The lowest BCUT2D eigenvalue weighted by molar-refractivity contribution is 0.660. The van der Waals surface area contributed by atoms with E-state index < -0.39 is 0 Å². The second kappa shape index (κ2) is 17.0. The maximum atomic E-state index is 2.46. The lowest BCUT2D eigenvalue weighted by Gasteiger charge is -2.30. The molecule has 0 atom stereocenters. The van der Waals surface area contributed by atoms with E-state index in [0.29, 0.717) is 0 Å². The minimum atomic E-state index is -0.0508. The first-order valence-corrected chi connectivity index (χ1v) is 23.7. The Morgan fingerprint density at radius 1 is 0.265 bits per heavy atom. The number of anilines is 3. The van der Waals surface area contributed by atoms with E-state index in [-0.39, 0.29) is 5.41 Å². The third-order valence-electron chi connectivity index (χ3n) is 14.1. The van der Waals surface area contributed by atoms with Crippen molar-refractivity contribution in [1.82, 2.24) is 0 Å². The first-order chi connectivity index (χ1) is 33.5. The molecule has 0 saturated carbocycles. The fourth-order valence-corrected chi connectivity index (χ4v) is 10.6. The Hall–Kier alpha value is -8.52. The van der Waals surface area contributed by atoms with Crippen molar-refractivity contribution in [3.63, 3.8) is 0 Å². The molecular weight excluding hydrogens is 819 g/mol. The van der Waals surface area contributed by atoms with Gasteiger partial charge in [-0.15, -0.1) is 0 Å². The average Bonchev–Trinajstić information content (AvgIpc) is 3.64. The van der Waals surface area contributed by atoms with Crippen molar-refractivity contribution < 1.29 is 0 Å². The predicted molar refractivity (Wildman–Crippen MR) is 289 cm³/mol. The summed E-state index contributed by atoms with van der Waals surface area (Å²) in [5.41, 5.74) is 22.8. The molecule has 1 nitrogen and oxygen atoms in total. The van der Waals surface area contributed by atoms with E-state index in [2.05, 4.69) is 280 Å². The molecule has 0 heterocycles. The largest absolute Gasteiger partial charge is 0.310 e. The smallest absolute Gasteiger partial charge is 0.0546 e. The number of nitrogens with zero attached hydrogens (tertiary/aromatic N) is 1. The molecule has 1 heteroatoms. The quantitative estimate of drug-likeness (QED) is 0.140. The summed E-state index contributed by atoms with van der Waals surface area (Å²) in [4.78, 5) is 2.46. The molecule has 1 aliphatic carbocycles. The van der Waals surface area contributed by atoms with Gasteiger partial charge < -0.3 is 4.90 Å². The maximum absolute atomic E-state index is 2.46. The lowest BCUT2D eigenvalue weighted by Crippen LogP contribution is -2.14. The van der Waals surface area contributed by atoms with Crippen LogP contribution in [0.15, 0.2) is 261 Å². The van der Waals surface area contributed by atoms with Crippen LogP contribution in [0.3, 0.4) is 0 Å². The summed E-state index contributed by atoms with van der Waals surface area (Å²) in [5, 5.41) is 2.51. The van der Waals surface area contributed by atoms with Gasteiger partial charge in [0.05, 0.1) is 5.69 Å². The monoisotopic (exact) mass is 867 g/mol. The highest BCUT2D eigenvalue weighted by atomic mass is 15.1. The van der Waals surface area contributed by atoms with Crippen molar-refractivity contribution in [3.05, 3.63) is 272 Å². The molecule has 0 N–H and O–H groups in total. The standard InChI is InChI=1S/C67H49N/c1-67(2)63-29-14-13-26-60(63)62-45-55(39-42-64(62)67)53-23-15-24-57(44-53)68(56-40-37-48(38-41-56)47-31-33-49(34-32-47)54-36-35-46-17-9-10-22-52(46)43-54)65-30-16-28-59(51-20-7-4-8-21-51)66(65)61-27-12-11-25-58(61)50-18-5-3-6-19-50/h3-45H,1-2H3. The van der Waals surface area contributed by atoms with Crippen molar-refractivity contribution >= 4 is 27.8 Å². The lowest BCUT2D eigenvalue weighted by atomic mass is 9.82. The van der Waals surface area contributed by atoms with E-state index in [1.165, 1.54) is 99.8 Å². The molecule has 12 rings (SSSR count). The van der Waals surface area contributed by atoms with Crippen molar-refractivity contribution in [1.29, 1.82) is 0 Å². The summed E-state index contributed by atoms with van der Waals surface area (Å²) < 4.78 is 0. The highest BCUT2D eigenvalue weighted by Crippen LogP contribution is 2.51. The Labute approximate surface area is 399 Å². The summed E-state index contributed by atoms with van der Waals surface area (Å²) in [6.45, 7) is 4.69. The molecule has 11 aromatic carbocycles. The first kappa shape index (κ1) is 40.9. The molecule has 0 radical (unpaired) electrons. The van der Waals surface area contributed by atoms with E-state index in [1.807, 2.05) is 0 Å². The third kappa shape index (κ3) is 7.30. The van der Waals surface area contributed by atoms with Crippen LogP contribution in [0.4, 0.5) is 17.1 Å². The molecule has 0 aliphatic heterocycles. The van der Waals surface area contributed by atoms with Gasteiger partial charge in [0.1, 0.15) is 0 Å². The molecule has 0 spiro atoms. The molecule has 0 aromatic heterocycles. The number of hydrogen-bond acceptors (Lipinski definition) is 1. The summed E-state index contributed by atoms with van der Waals surface area (Å²) in [7, 11) is 0. The van der Waals surface area contributed by atoms with Gasteiger partial charge in [0, 0.05) is 22.4 Å². The zero-order valence-corrected chi connectivity index (χ0v) is 38.3. The van der Waals surface area contributed by atoms with Gasteiger partial charge in [0.25, 0.3) is 0 Å². The summed E-state index contributed by atoms with van der Waals surface area (Å²) >= 11 is 0. The summed E-state index contributed by atoms with van der Waals surface area (Å²) in [6, 6.07) is 95.7. The van der Waals surface area contributed by atoms with Crippen molar-refractivity contribution in [2.45, 2.75) is 19.3 Å². The zero-order chi connectivity index (χ0) is 45.6. The topological polar surface area (TPSA) is 3.24 Å². The van der Waals surface area contributed by atoms with Crippen LogP contribution < -0.4 is 4.90 Å². The average molecular weight is 868 g/mol. The van der Waals surface area contributed by atoms with Gasteiger partial charge in [-0.1, -0.05) is 232 Å². The first-order valence-electron chi connectivity index (χ1n) is 23.7. The minimum Gasteiger partial charge on any atom is -0.310 e. The fraction of sp³-hybridized carbons (Fsp3) is 0.0448. The van der Waals surface area contributed by atoms with E-state index >= 15 is 0 Å². The number of benzene rings is 11. The molecule has 68 heavy (non-hydrogen) atoms. The summed E-state index contributed by atoms with van der Waals surface area (Å²) in [5.74, 6) is 0. The van der Waals surface area contributed by atoms with Crippen LogP contribution in [0.5, 0.6) is 0 Å². The number of hydrogen-bond donors (Lipinski definition) is 0. The van der Waals surface area contributed by atoms with E-state index in [9.17, 15) is 0 Å². The maximum Gasteiger partial charge on any atom is 0.0546 e. The van der Waals surface area contributed by atoms with Crippen LogP contribution >= 0.6 is 0 Å². The van der Waals surface area contributed by atoms with E-state index in [4.69, 9.17) is 0 Å². The fourth-order valence-electron chi connectivity index (χ4n) is 10.6. The van der Waals surface area contributed by atoms with Crippen LogP contribution in [-0.4, -0.2) is 0 Å². The molecule has 0 fully saturated rings. The SMILES string of the molecule is CC1(C)c2ccccc2-c2cc(-c3cccc(N(c4ccc(-c5ccc(-c6ccc7ccccc7c6)cc5)cc4)c4cccc(-c5ccccc5)c4-c4ccccc4-c4ccccc4)c3)ccc21. The molecule has 322 valence electrons. The van der Waals surface area contributed by atoms with E-state index in [1.54, 1.807) is 0 Å². The molecule has 1 aliphatic rings. The number of fused-ring (bicyclic) bond motifs is 4. The highest BCUT2D eigenvalue weighted by molar-refractivity contribution is 6.01. The van der Waals surface area contributed by atoms with Gasteiger partial charge in [-0.2, -0.15) is 0 Å². The second-order valence-electron chi connectivity index (χ2n) is 18.5. The molecular formula is C67H49N. The third-order valence-corrected chi connectivity index (χ3v) is 14.1. The zero-order valence-electron chi connectivity index (χ0n) is 38.3. The molecule has 0 amide bonds. The van der Waals surface area contributed by atoms with Gasteiger partial charge in [0.2, 0.25) is 0 Å². The summed E-state index contributed by atoms with van der Waals surface area (Å²) in [6.07, 6.45) is 0. The second-order valence-corrected chi connectivity index (χ2v) is 18.5. The van der Waals surface area contributed by atoms with Gasteiger partial charge in [-0.05, 0) is 137 Å². The minimum absolute atomic E-state index is 0.0508.